The third-order valence-corrected chi connectivity index (χ3v) is 4.27. The molecular weight excluding hydrogens is 374 g/mol. The Hall–Kier alpha value is -3.29. The summed E-state index contributed by atoms with van der Waals surface area (Å²) in [7, 11) is 0. The normalized spacial score (nSPS) is 10.3. The number of furan rings is 1. The van der Waals surface area contributed by atoms with Gasteiger partial charge in [-0.25, -0.2) is 0 Å². The van der Waals surface area contributed by atoms with Crippen molar-refractivity contribution in [1.82, 2.24) is 16.0 Å². The monoisotopic (exact) mass is 401 g/mol. The third kappa shape index (κ3) is 7.33. The molecule has 0 saturated carbocycles. The second-order valence-electron chi connectivity index (χ2n) is 6.69. The van der Waals surface area contributed by atoms with Crippen molar-refractivity contribution in [1.29, 1.82) is 0 Å². The summed E-state index contributed by atoms with van der Waals surface area (Å²) in [6, 6.07) is 7.18. The predicted molar refractivity (Wildman–Crippen MR) is 108 cm³/mol. The Balaban J connectivity index is 1.56. The van der Waals surface area contributed by atoms with E-state index < -0.39 is 11.8 Å². The van der Waals surface area contributed by atoms with E-state index in [2.05, 4.69) is 22.0 Å². The molecule has 0 atom stereocenters. The van der Waals surface area contributed by atoms with Crippen LogP contribution in [-0.2, 0) is 9.59 Å². The first-order valence-electron chi connectivity index (χ1n) is 9.42. The molecule has 0 spiro atoms. The van der Waals surface area contributed by atoms with E-state index in [9.17, 15) is 14.4 Å². The highest BCUT2D eigenvalue weighted by Gasteiger charge is 2.11. The lowest BCUT2D eigenvalue weighted by Gasteiger charge is -2.12. The number of carbonyl (C=O) groups is 3. The van der Waals surface area contributed by atoms with Gasteiger partial charge in [-0.3, -0.25) is 14.4 Å². The van der Waals surface area contributed by atoms with Crippen LogP contribution < -0.4 is 20.7 Å². The third-order valence-electron chi connectivity index (χ3n) is 4.27. The fourth-order valence-electron chi connectivity index (χ4n) is 2.59. The van der Waals surface area contributed by atoms with Gasteiger partial charge in [0.1, 0.15) is 5.75 Å². The molecule has 0 aliphatic carbocycles. The summed E-state index contributed by atoms with van der Waals surface area (Å²) in [5.41, 5.74) is 3.44. The Bertz CT molecular complexity index is 846. The summed E-state index contributed by atoms with van der Waals surface area (Å²) >= 11 is 0. The molecule has 8 nitrogen and oxygen atoms in total. The van der Waals surface area contributed by atoms with Gasteiger partial charge in [0.15, 0.2) is 5.76 Å². The second kappa shape index (κ2) is 10.9. The van der Waals surface area contributed by atoms with E-state index in [1.807, 2.05) is 26.8 Å². The molecular formula is C21H27N3O5. The number of nitrogens with one attached hydrogen (secondary N) is 3. The summed E-state index contributed by atoms with van der Waals surface area (Å²) in [6.45, 7) is 6.61. The van der Waals surface area contributed by atoms with Crippen LogP contribution >= 0.6 is 0 Å². The Kier molecular flexibility index (Phi) is 8.27. The summed E-state index contributed by atoms with van der Waals surface area (Å²) in [5, 5.41) is 7.56. The first-order chi connectivity index (χ1) is 13.9. The molecule has 1 aromatic carbocycles. The number of amides is 3. The molecule has 0 saturated heterocycles. The lowest BCUT2D eigenvalue weighted by atomic mass is 10.1. The Morgan fingerprint density at radius 1 is 1.00 bits per heavy atom. The Labute approximate surface area is 170 Å². The van der Waals surface area contributed by atoms with Gasteiger partial charge in [-0.2, -0.15) is 0 Å². The van der Waals surface area contributed by atoms with Crippen LogP contribution in [0.2, 0.25) is 0 Å². The average molecular weight is 401 g/mol. The molecule has 0 aliphatic rings. The van der Waals surface area contributed by atoms with Crippen LogP contribution in [0.1, 0.15) is 33.7 Å². The van der Waals surface area contributed by atoms with Gasteiger partial charge >= 0.3 is 0 Å². The minimum atomic E-state index is -0.492. The first-order valence-corrected chi connectivity index (χ1v) is 9.42. The van der Waals surface area contributed by atoms with Crippen LogP contribution in [0.5, 0.6) is 5.75 Å². The van der Waals surface area contributed by atoms with Gasteiger partial charge in [0, 0.05) is 6.54 Å². The van der Waals surface area contributed by atoms with Crippen LogP contribution in [0, 0.1) is 20.8 Å². The summed E-state index contributed by atoms with van der Waals surface area (Å²) in [6.07, 6.45) is 2.01. The SMILES string of the molecule is Cc1cc(C)c(C)c(OCCCNC(=O)CNC(=O)CNC(=O)c2ccco2)c1. The van der Waals surface area contributed by atoms with Gasteiger partial charge in [-0.1, -0.05) is 6.07 Å². The fraction of sp³-hybridized carbons (Fsp3) is 0.381. The zero-order valence-electron chi connectivity index (χ0n) is 17.0. The zero-order chi connectivity index (χ0) is 21.2. The van der Waals surface area contributed by atoms with Gasteiger partial charge < -0.3 is 25.1 Å². The topological polar surface area (TPSA) is 110 Å². The number of rotatable bonds is 10. The lowest BCUT2D eigenvalue weighted by Crippen LogP contribution is -2.42. The average Bonchev–Trinajstić information content (AvgIpc) is 3.22. The predicted octanol–water partition coefficient (Wildman–Crippen LogP) is 1.64. The van der Waals surface area contributed by atoms with Crippen molar-refractivity contribution in [3.8, 4) is 5.75 Å². The molecule has 0 fully saturated rings. The molecule has 3 amide bonds. The largest absolute Gasteiger partial charge is 0.493 e. The van der Waals surface area contributed by atoms with Crippen molar-refractivity contribution in [2.75, 3.05) is 26.2 Å². The Morgan fingerprint density at radius 3 is 2.45 bits per heavy atom. The summed E-state index contributed by atoms with van der Waals surface area (Å²) in [5.74, 6) is -0.285. The number of aryl methyl sites for hydroxylation is 2. The molecule has 0 radical (unpaired) electrons. The van der Waals surface area contributed by atoms with Gasteiger partial charge in [0.2, 0.25) is 11.8 Å². The van der Waals surface area contributed by atoms with E-state index >= 15 is 0 Å². The molecule has 0 aliphatic heterocycles. The summed E-state index contributed by atoms with van der Waals surface area (Å²) in [4.78, 5) is 35.1. The quantitative estimate of drug-likeness (QED) is 0.524. The van der Waals surface area contributed by atoms with Crippen molar-refractivity contribution < 1.29 is 23.5 Å². The highest BCUT2D eigenvalue weighted by Crippen LogP contribution is 2.23. The van der Waals surface area contributed by atoms with E-state index in [0.29, 0.717) is 19.6 Å². The molecule has 3 N–H and O–H groups in total. The van der Waals surface area contributed by atoms with Crippen LogP contribution in [0.3, 0.4) is 0 Å². The van der Waals surface area contributed by atoms with Crippen molar-refractivity contribution in [3.05, 3.63) is 53.0 Å². The first kappa shape index (κ1) is 22.0. The van der Waals surface area contributed by atoms with E-state index in [4.69, 9.17) is 9.15 Å². The zero-order valence-corrected chi connectivity index (χ0v) is 17.0. The highest BCUT2D eigenvalue weighted by molar-refractivity contribution is 5.94. The van der Waals surface area contributed by atoms with Crippen LogP contribution in [-0.4, -0.2) is 44.0 Å². The van der Waals surface area contributed by atoms with E-state index in [1.54, 1.807) is 6.07 Å². The Morgan fingerprint density at radius 2 is 1.72 bits per heavy atom. The van der Waals surface area contributed by atoms with Crippen LogP contribution in [0.15, 0.2) is 34.9 Å². The van der Waals surface area contributed by atoms with Crippen molar-refractivity contribution in [2.45, 2.75) is 27.2 Å². The minimum absolute atomic E-state index is 0.119. The van der Waals surface area contributed by atoms with Gasteiger partial charge in [-0.05, 0) is 62.1 Å². The van der Waals surface area contributed by atoms with Crippen LogP contribution in [0.4, 0.5) is 0 Å². The van der Waals surface area contributed by atoms with E-state index in [0.717, 1.165) is 16.9 Å². The molecule has 29 heavy (non-hydrogen) atoms. The standard InChI is InChI=1S/C21H27N3O5/c1-14-10-15(2)16(3)18(11-14)29-9-5-7-22-19(25)12-23-20(26)13-24-21(27)17-6-4-8-28-17/h4,6,8,10-11H,5,7,9,12-13H2,1-3H3,(H,22,25)(H,23,26)(H,24,27). The molecule has 2 aromatic rings. The van der Waals surface area contributed by atoms with Crippen molar-refractivity contribution in [3.63, 3.8) is 0 Å². The van der Waals surface area contributed by atoms with E-state index in [-0.39, 0.29) is 24.8 Å². The van der Waals surface area contributed by atoms with Crippen LogP contribution in [0.25, 0.3) is 0 Å². The van der Waals surface area contributed by atoms with Gasteiger partial charge in [0.05, 0.1) is 26.0 Å². The number of benzene rings is 1. The number of hydrogen-bond acceptors (Lipinski definition) is 5. The lowest BCUT2D eigenvalue weighted by molar-refractivity contribution is -0.125. The molecule has 1 aromatic heterocycles. The smallest absolute Gasteiger partial charge is 0.287 e. The number of ether oxygens (including phenoxy) is 1. The molecule has 1 heterocycles. The molecule has 8 heteroatoms. The van der Waals surface area contributed by atoms with Gasteiger partial charge in [-0.15, -0.1) is 0 Å². The number of carbonyl (C=O) groups excluding carboxylic acids is 3. The minimum Gasteiger partial charge on any atom is -0.493 e. The molecule has 156 valence electrons. The van der Waals surface area contributed by atoms with Crippen molar-refractivity contribution >= 4 is 17.7 Å². The summed E-state index contributed by atoms with van der Waals surface area (Å²) < 4.78 is 10.7. The maximum Gasteiger partial charge on any atom is 0.287 e. The fourth-order valence-corrected chi connectivity index (χ4v) is 2.59. The second-order valence-corrected chi connectivity index (χ2v) is 6.69. The number of hydrogen-bond donors (Lipinski definition) is 3. The maximum atomic E-state index is 11.8. The molecule has 2 rings (SSSR count). The molecule has 0 unspecified atom stereocenters. The highest BCUT2D eigenvalue weighted by atomic mass is 16.5. The maximum absolute atomic E-state index is 11.8. The van der Waals surface area contributed by atoms with E-state index in [1.165, 1.54) is 17.9 Å². The van der Waals surface area contributed by atoms with Crippen molar-refractivity contribution in [2.24, 2.45) is 0 Å². The van der Waals surface area contributed by atoms with Gasteiger partial charge in [0.25, 0.3) is 5.91 Å². The molecule has 0 bridgehead atoms.